The zero-order chi connectivity index (χ0) is 24.4. The summed E-state index contributed by atoms with van der Waals surface area (Å²) in [5.41, 5.74) is 6.04. The van der Waals surface area contributed by atoms with Crippen LogP contribution in [0.2, 0.25) is 0 Å². The van der Waals surface area contributed by atoms with Crippen molar-refractivity contribution in [1.82, 2.24) is 0 Å². The van der Waals surface area contributed by atoms with Crippen molar-refractivity contribution in [2.75, 3.05) is 13.2 Å². The van der Waals surface area contributed by atoms with Crippen LogP contribution in [0.3, 0.4) is 0 Å². The summed E-state index contributed by atoms with van der Waals surface area (Å²) in [4.78, 5) is 0. The highest BCUT2D eigenvalue weighted by Gasteiger charge is 2.28. The first kappa shape index (κ1) is 23.1. The molecule has 0 aliphatic carbocycles. The Balaban J connectivity index is 1.50. The topological polar surface area (TPSA) is 36.9 Å². The Bertz CT molecular complexity index is 1290. The first-order valence-corrected chi connectivity index (χ1v) is 12.3. The lowest BCUT2D eigenvalue weighted by Gasteiger charge is -2.31. The van der Waals surface area contributed by atoms with Gasteiger partial charge in [0.1, 0.15) is 41.8 Å². The third-order valence-corrected chi connectivity index (χ3v) is 6.21. The smallest absolute Gasteiger partial charge is 0.138 e. The number of rotatable bonds is 7. The standard InChI is InChI=1S/C31H32O4/c1-5-15-32-25-11-12-26(28(18-25)33-19-22-9-7-6-8-10-22)24-17-23-16-21(2)29-27(30(23)34-20-24)13-14-31(3,4)35-29/h6-14,16-18H,5,15,19-20H2,1-4H3. The molecule has 0 bridgehead atoms. The summed E-state index contributed by atoms with van der Waals surface area (Å²) in [6.07, 6.45) is 7.37. The minimum absolute atomic E-state index is 0.325. The molecule has 5 rings (SSSR count). The Labute approximate surface area is 207 Å². The van der Waals surface area contributed by atoms with Gasteiger partial charge in [-0.25, -0.2) is 0 Å². The predicted molar refractivity (Wildman–Crippen MR) is 141 cm³/mol. The first-order chi connectivity index (χ1) is 16.9. The largest absolute Gasteiger partial charge is 0.493 e. The van der Waals surface area contributed by atoms with Crippen LogP contribution >= 0.6 is 0 Å². The maximum Gasteiger partial charge on any atom is 0.138 e. The van der Waals surface area contributed by atoms with Gasteiger partial charge in [-0.1, -0.05) is 37.3 Å². The van der Waals surface area contributed by atoms with Crippen molar-refractivity contribution in [3.8, 4) is 23.0 Å². The van der Waals surface area contributed by atoms with Crippen LogP contribution in [-0.4, -0.2) is 18.8 Å². The normalized spacial score (nSPS) is 15.3. The van der Waals surface area contributed by atoms with Crippen LogP contribution in [-0.2, 0) is 6.61 Å². The molecule has 2 aliphatic rings. The van der Waals surface area contributed by atoms with Crippen LogP contribution in [0.15, 0.2) is 60.7 Å². The molecule has 2 heterocycles. The van der Waals surface area contributed by atoms with E-state index in [1.165, 1.54) is 0 Å². The monoisotopic (exact) mass is 468 g/mol. The van der Waals surface area contributed by atoms with E-state index in [1.807, 2.05) is 30.3 Å². The van der Waals surface area contributed by atoms with Crippen LogP contribution in [0.4, 0.5) is 0 Å². The molecule has 0 spiro atoms. The van der Waals surface area contributed by atoms with E-state index in [-0.39, 0.29) is 5.60 Å². The van der Waals surface area contributed by atoms with Gasteiger partial charge in [-0.05, 0) is 74.7 Å². The molecule has 0 unspecified atom stereocenters. The average Bonchev–Trinajstić information content (AvgIpc) is 2.86. The van der Waals surface area contributed by atoms with E-state index in [1.54, 1.807) is 0 Å². The summed E-state index contributed by atoms with van der Waals surface area (Å²) >= 11 is 0. The highest BCUT2D eigenvalue weighted by Crippen LogP contribution is 2.45. The summed E-state index contributed by atoms with van der Waals surface area (Å²) in [6.45, 7) is 9.93. The van der Waals surface area contributed by atoms with E-state index >= 15 is 0 Å². The van der Waals surface area contributed by atoms with Crippen LogP contribution < -0.4 is 18.9 Å². The number of hydrogen-bond acceptors (Lipinski definition) is 4. The van der Waals surface area contributed by atoms with Crippen LogP contribution in [0, 0.1) is 6.92 Å². The summed E-state index contributed by atoms with van der Waals surface area (Å²) in [6, 6.07) is 18.4. The molecule has 0 saturated heterocycles. The summed E-state index contributed by atoms with van der Waals surface area (Å²) in [7, 11) is 0. The second-order valence-electron chi connectivity index (χ2n) is 9.63. The van der Waals surface area contributed by atoms with Crippen LogP contribution in [0.25, 0.3) is 17.7 Å². The Morgan fingerprint density at radius 1 is 0.971 bits per heavy atom. The van der Waals surface area contributed by atoms with E-state index in [2.05, 4.69) is 70.2 Å². The summed E-state index contributed by atoms with van der Waals surface area (Å²) in [5, 5.41) is 0. The lowest BCUT2D eigenvalue weighted by atomic mass is 9.93. The fraction of sp³-hybridized carbons (Fsp3) is 0.290. The molecule has 0 fully saturated rings. The van der Waals surface area contributed by atoms with Crippen molar-refractivity contribution in [3.63, 3.8) is 0 Å². The molecular weight excluding hydrogens is 436 g/mol. The number of aryl methyl sites for hydroxylation is 1. The number of fused-ring (bicyclic) bond motifs is 3. The van der Waals surface area contributed by atoms with E-state index < -0.39 is 0 Å². The molecule has 0 saturated carbocycles. The SMILES string of the molecule is CCCOc1ccc(C2=Cc3cc(C)c4c(c3OC2)C=CC(C)(C)O4)c(OCc2ccccc2)c1. The quantitative estimate of drug-likeness (QED) is 0.360. The van der Waals surface area contributed by atoms with Gasteiger partial charge < -0.3 is 18.9 Å². The van der Waals surface area contributed by atoms with Crippen molar-refractivity contribution < 1.29 is 18.9 Å². The molecule has 35 heavy (non-hydrogen) atoms. The number of hydrogen-bond donors (Lipinski definition) is 0. The van der Waals surface area contributed by atoms with E-state index in [4.69, 9.17) is 18.9 Å². The lowest BCUT2D eigenvalue weighted by Crippen LogP contribution is -2.28. The molecule has 0 radical (unpaired) electrons. The van der Waals surface area contributed by atoms with Crippen molar-refractivity contribution in [2.24, 2.45) is 0 Å². The molecule has 180 valence electrons. The van der Waals surface area contributed by atoms with Gasteiger partial charge in [-0.3, -0.25) is 0 Å². The van der Waals surface area contributed by atoms with Gasteiger partial charge in [0.25, 0.3) is 0 Å². The molecule has 3 aromatic carbocycles. The minimum atomic E-state index is -0.325. The second-order valence-corrected chi connectivity index (χ2v) is 9.63. The number of ether oxygens (including phenoxy) is 4. The van der Waals surface area contributed by atoms with Gasteiger partial charge in [0.15, 0.2) is 0 Å². The fourth-order valence-corrected chi connectivity index (χ4v) is 4.44. The molecule has 2 aliphatic heterocycles. The van der Waals surface area contributed by atoms with Gasteiger partial charge in [0.2, 0.25) is 0 Å². The molecule has 0 amide bonds. The van der Waals surface area contributed by atoms with Crippen molar-refractivity contribution in [3.05, 3.63) is 88.5 Å². The highest BCUT2D eigenvalue weighted by atomic mass is 16.5. The van der Waals surface area contributed by atoms with Gasteiger partial charge in [-0.2, -0.15) is 0 Å². The highest BCUT2D eigenvalue weighted by molar-refractivity contribution is 5.90. The molecule has 0 aromatic heterocycles. The van der Waals surface area contributed by atoms with E-state index in [9.17, 15) is 0 Å². The average molecular weight is 469 g/mol. The molecule has 4 heteroatoms. The van der Waals surface area contributed by atoms with Crippen LogP contribution in [0.1, 0.15) is 55.0 Å². The van der Waals surface area contributed by atoms with Crippen molar-refractivity contribution in [2.45, 2.75) is 46.3 Å². The Morgan fingerprint density at radius 3 is 2.60 bits per heavy atom. The predicted octanol–water partition coefficient (Wildman–Crippen LogP) is 7.48. The zero-order valence-corrected chi connectivity index (χ0v) is 20.9. The zero-order valence-electron chi connectivity index (χ0n) is 20.9. The van der Waals surface area contributed by atoms with Gasteiger partial charge in [0, 0.05) is 22.8 Å². The van der Waals surface area contributed by atoms with E-state index in [0.717, 1.165) is 62.8 Å². The van der Waals surface area contributed by atoms with Crippen LogP contribution in [0.5, 0.6) is 23.0 Å². The fourth-order valence-electron chi connectivity index (χ4n) is 4.44. The first-order valence-electron chi connectivity index (χ1n) is 12.3. The maximum absolute atomic E-state index is 6.34. The van der Waals surface area contributed by atoms with Gasteiger partial charge >= 0.3 is 0 Å². The van der Waals surface area contributed by atoms with Gasteiger partial charge in [-0.15, -0.1) is 0 Å². The third-order valence-electron chi connectivity index (χ3n) is 6.21. The Kier molecular flexibility index (Phi) is 6.29. The molecule has 3 aromatic rings. The molecule has 4 nitrogen and oxygen atoms in total. The Morgan fingerprint density at radius 2 is 1.80 bits per heavy atom. The summed E-state index contributed by atoms with van der Waals surface area (Å²) in [5.74, 6) is 3.37. The minimum Gasteiger partial charge on any atom is -0.493 e. The maximum atomic E-state index is 6.34. The van der Waals surface area contributed by atoms with Gasteiger partial charge in [0.05, 0.1) is 12.2 Å². The molecular formula is C31H32O4. The number of benzene rings is 3. The second kappa shape index (κ2) is 9.53. The molecule has 0 atom stereocenters. The molecule has 0 N–H and O–H groups in total. The third kappa shape index (κ3) is 4.93. The Hall–Kier alpha value is -3.66. The van der Waals surface area contributed by atoms with Crippen molar-refractivity contribution in [1.29, 1.82) is 0 Å². The lowest BCUT2D eigenvalue weighted by molar-refractivity contribution is 0.157. The summed E-state index contributed by atoms with van der Waals surface area (Å²) < 4.78 is 24.8. The van der Waals surface area contributed by atoms with E-state index in [0.29, 0.717) is 19.8 Å². The van der Waals surface area contributed by atoms with Crippen molar-refractivity contribution >= 4 is 17.7 Å².